The summed E-state index contributed by atoms with van der Waals surface area (Å²) in [6.07, 6.45) is 2.13. The number of aromatic nitrogens is 1. The number of benzene rings is 5. The van der Waals surface area contributed by atoms with Crippen molar-refractivity contribution >= 4 is 16.9 Å². The number of ether oxygens (including phenoxy) is 4. The molecule has 0 saturated carbocycles. The highest BCUT2D eigenvalue weighted by Crippen LogP contribution is 2.41. The molecule has 6 aromatic rings. The van der Waals surface area contributed by atoms with Crippen LogP contribution >= 0.6 is 0 Å². The zero-order valence-corrected chi connectivity index (χ0v) is 26.1. The number of hydrogen-bond donors (Lipinski definition) is 0. The number of hydrogen-bond acceptors (Lipinski definition) is 5. The lowest BCUT2D eigenvalue weighted by atomic mass is 9.83. The molecule has 6 rings (SSSR count). The van der Waals surface area contributed by atoms with Crippen molar-refractivity contribution in [2.24, 2.45) is 0 Å². The van der Waals surface area contributed by atoms with E-state index < -0.39 is 11.5 Å². The van der Waals surface area contributed by atoms with E-state index in [1.54, 1.807) is 6.92 Å². The molecular weight excluding hydrogens is 574 g/mol. The average molecular weight is 612 g/mol. The molecule has 1 aromatic heterocycles. The van der Waals surface area contributed by atoms with E-state index in [0.29, 0.717) is 37.1 Å². The second-order valence-corrected chi connectivity index (χ2v) is 11.1. The zero-order valence-electron chi connectivity index (χ0n) is 26.1. The van der Waals surface area contributed by atoms with Crippen LogP contribution in [0.5, 0.6) is 17.2 Å². The van der Waals surface area contributed by atoms with E-state index in [1.807, 2.05) is 84.9 Å². The van der Waals surface area contributed by atoms with E-state index in [4.69, 9.17) is 18.9 Å². The molecule has 5 aromatic carbocycles. The van der Waals surface area contributed by atoms with Gasteiger partial charge in [-0.1, -0.05) is 97.1 Å². The second-order valence-electron chi connectivity index (χ2n) is 11.1. The fourth-order valence-electron chi connectivity index (χ4n) is 5.65. The standard InChI is InChI=1S/C40H37NO5/c1-3-43-39(42)29-44-35-21-18-33(19-22-35)40(2,41-25-24-32-16-10-11-17-36(32)41)34-20-23-37(45-27-30-12-6-4-7-13-30)38(26-34)46-28-31-14-8-5-9-15-31/h4-26H,3,27-29H2,1-2H3. The highest BCUT2D eigenvalue weighted by atomic mass is 16.6. The van der Waals surface area contributed by atoms with Gasteiger partial charge in [-0.2, -0.15) is 0 Å². The van der Waals surface area contributed by atoms with Gasteiger partial charge in [-0.15, -0.1) is 0 Å². The summed E-state index contributed by atoms with van der Waals surface area (Å²) >= 11 is 0. The molecule has 46 heavy (non-hydrogen) atoms. The number of carbonyl (C=O) groups excluding carboxylic acids is 1. The minimum absolute atomic E-state index is 0.140. The summed E-state index contributed by atoms with van der Waals surface area (Å²) < 4.78 is 25.8. The van der Waals surface area contributed by atoms with Crippen molar-refractivity contribution < 1.29 is 23.7 Å². The molecule has 0 aliphatic heterocycles. The fourth-order valence-corrected chi connectivity index (χ4v) is 5.65. The summed E-state index contributed by atoms with van der Waals surface area (Å²) in [7, 11) is 0. The average Bonchev–Trinajstić information content (AvgIpc) is 3.55. The fraction of sp³-hybridized carbons (Fsp3) is 0.175. The Labute approximate surface area is 269 Å². The molecule has 0 fully saturated rings. The first-order valence-corrected chi connectivity index (χ1v) is 15.5. The van der Waals surface area contributed by atoms with Crippen molar-refractivity contribution in [3.8, 4) is 17.2 Å². The van der Waals surface area contributed by atoms with Crippen molar-refractivity contribution in [1.82, 2.24) is 4.57 Å². The molecule has 0 aliphatic carbocycles. The normalized spacial score (nSPS) is 12.3. The van der Waals surface area contributed by atoms with Gasteiger partial charge in [0.05, 0.1) is 12.1 Å². The number of fused-ring (bicyclic) bond motifs is 1. The zero-order chi connectivity index (χ0) is 31.8. The van der Waals surface area contributed by atoms with Crippen LogP contribution in [0.3, 0.4) is 0 Å². The van der Waals surface area contributed by atoms with E-state index in [9.17, 15) is 4.79 Å². The third-order valence-electron chi connectivity index (χ3n) is 8.14. The molecule has 0 radical (unpaired) electrons. The molecule has 1 atom stereocenters. The predicted molar refractivity (Wildman–Crippen MR) is 180 cm³/mol. The van der Waals surface area contributed by atoms with Gasteiger partial charge in [0.2, 0.25) is 0 Å². The van der Waals surface area contributed by atoms with E-state index in [0.717, 1.165) is 33.2 Å². The number of para-hydroxylation sites is 1. The number of nitrogens with zero attached hydrogens (tertiary/aromatic N) is 1. The molecule has 1 heterocycles. The Hall–Kier alpha value is -5.49. The Bertz CT molecular complexity index is 1880. The van der Waals surface area contributed by atoms with Gasteiger partial charge in [-0.3, -0.25) is 0 Å². The summed E-state index contributed by atoms with van der Waals surface area (Å²) in [6, 6.07) is 44.8. The van der Waals surface area contributed by atoms with Crippen molar-refractivity contribution in [2.45, 2.75) is 32.6 Å². The number of rotatable bonds is 13. The topological polar surface area (TPSA) is 58.9 Å². The van der Waals surface area contributed by atoms with Crippen molar-refractivity contribution in [3.05, 3.63) is 162 Å². The minimum Gasteiger partial charge on any atom is -0.485 e. The highest BCUT2D eigenvalue weighted by Gasteiger charge is 2.33. The smallest absolute Gasteiger partial charge is 0.344 e. The van der Waals surface area contributed by atoms with Gasteiger partial charge in [0, 0.05) is 11.7 Å². The Morgan fingerprint density at radius 3 is 1.93 bits per heavy atom. The van der Waals surface area contributed by atoms with Gasteiger partial charge in [0.1, 0.15) is 19.0 Å². The van der Waals surface area contributed by atoms with E-state index in [2.05, 4.69) is 66.2 Å². The number of esters is 1. The van der Waals surface area contributed by atoms with E-state index >= 15 is 0 Å². The van der Waals surface area contributed by atoms with Gasteiger partial charge < -0.3 is 23.5 Å². The first kappa shape index (κ1) is 30.5. The largest absolute Gasteiger partial charge is 0.485 e. The highest BCUT2D eigenvalue weighted by molar-refractivity contribution is 5.81. The van der Waals surface area contributed by atoms with Crippen molar-refractivity contribution in [1.29, 1.82) is 0 Å². The quantitative estimate of drug-likeness (QED) is 0.123. The first-order chi connectivity index (χ1) is 22.5. The monoisotopic (exact) mass is 611 g/mol. The van der Waals surface area contributed by atoms with Crippen LogP contribution in [-0.2, 0) is 28.3 Å². The van der Waals surface area contributed by atoms with Crippen LogP contribution in [0.15, 0.2) is 140 Å². The molecule has 0 aliphatic rings. The lowest BCUT2D eigenvalue weighted by molar-refractivity contribution is -0.145. The lowest BCUT2D eigenvalue weighted by Crippen LogP contribution is -2.32. The molecule has 1 unspecified atom stereocenters. The van der Waals surface area contributed by atoms with Gasteiger partial charge in [0.25, 0.3) is 0 Å². The maximum absolute atomic E-state index is 11.9. The van der Waals surface area contributed by atoms with Crippen LogP contribution in [-0.4, -0.2) is 23.8 Å². The second kappa shape index (κ2) is 14.1. The van der Waals surface area contributed by atoms with E-state index in [1.165, 1.54) is 0 Å². The summed E-state index contributed by atoms with van der Waals surface area (Å²) in [5.41, 5.74) is 4.65. The molecule has 232 valence electrons. The summed E-state index contributed by atoms with van der Waals surface area (Å²) in [5, 5.41) is 1.14. The third kappa shape index (κ3) is 6.76. The van der Waals surface area contributed by atoms with Crippen molar-refractivity contribution in [3.63, 3.8) is 0 Å². The SMILES string of the molecule is CCOC(=O)COc1ccc(C(C)(c2ccc(OCc3ccccc3)c(OCc3ccccc3)c2)n2ccc3ccccc32)cc1. The molecule has 0 amide bonds. The lowest BCUT2D eigenvalue weighted by Gasteiger charge is -2.34. The van der Waals surface area contributed by atoms with Crippen LogP contribution in [0.25, 0.3) is 10.9 Å². The van der Waals surface area contributed by atoms with Crippen LogP contribution < -0.4 is 14.2 Å². The Balaban J connectivity index is 1.40. The van der Waals surface area contributed by atoms with E-state index in [-0.39, 0.29) is 6.61 Å². The molecule has 0 spiro atoms. The minimum atomic E-state index is -0.647. The van der Waals surface area contributed by atoms with Gasteiger partial charge >= 0.3 is 5.97 Å². The van der Waals surface area contributed by atoms with Crippen LogP contribution in [0.1, 0.15) is 36.1 Å². The van der Waals surface area contributed by atoms with Gasteiger partial charge in [-0.25, -0.2) is 4.79 Å². The summed E-state index contributed by atoms with van der Waals surface area (Å²) in [5.74, 6) is 1.53. The van der Waals surface area contributed by atoms with Crippen LogP contribution in [0, 0.1) is 0 Å². The molecule has 6 nitrogen and oxygen atoms in total. The summed E-state index contributed by atoms with van der Waals surface area (Å²) in [6.45, 7) is 4.99. The molecule has 6 heteroatoms. The summed E-state index contributed by atoms with van der Waals surface area (Å²) in [4.78, 5) is 11.9. The Morgan fingerprint density at radius 2 is 1.26 bits per heavy atom. The first-order valence-electron chi connectivity index (χ1n) is 15.5. The molecular formula is C40H37NO5. The van der Waals surface area contributed by atoms with Gasteiger partial charge in [0.15, 0.2) is 18.1 Å². The maximum atomic E-state index is 11.9. The third-order valence-corrected chi connectivity index (χ3v) is 8.14. The van der Waals surface area contributed by atoms with Crippen LogP contribution in [0.2, 0.25) is 0 Å². The molecule has 0 saturated heterocycles. The molecule has 0 bridgehead atoms. The maximum Gasteiger partial charge on any atom is 0.344 e. The van der Waals surface area contributed by atoms with Gasteiger partial charge in [-0.05, 0) is 77.9 Å². The number of carbonyl (C=O) groups is 1. The Kier molecular flexibility index (Phi) is 9.35. The molecule has 0 N–H and O–H groups in total. The predicted octanol–water partition coefficient (Wildman–Crippen LogP) is 8.55. The van der Waals surface area contributed by atoms with Crippen molar-refractivity contribution in [2.75, 3.05) is 13.2 Å². The Morgan fingerprint density at radius 1 is 0.652 bits per heavy atom. The van der Waals surface area contributed by atoms with Crippen LogP contribution in [0.4, 0.5) is 0 Å².